The summed E-state index contributed by atoms with van der Waals surface area (Å²) in [4.78, 5) is 3.92. The first-order valence-corrected chi connectivity index (χ1v) is 5.86. The fourth-order valence-corrected chi connectivity index (χ4v) is 1.74. The monoisotopic (exact) mass is 314 g/mol. The zero-order valence-corrected chi connectivity index (χ0v) is 10.7. The van der Waals surface area contributed by atoms with Crippen molar-refractivity contribution in [3.05, 3.63) is 47.2 Å². The number of hydrogen-bond donors (Lipinski definition) is 1. The maximum atomic E-state index is 12.2. The van der Waals surface area contributed by atoms with E-state index in [-0.39, 0.29) is 5.75 Å². The van der Waals surface area contributed by atoms with E-state index in [1.165, 1.54) is 6.07 Å². The highest BCUT2D eigenvalue weighted by Gasteiger charge is 2.09. The van der Waals surface area contributed by atoms with Crippen LogP contribution in [0.3, 0.4) is 0 Å². The number of ether oxygens (including phenoxy) is 1. The van der Waals surface area contributed by atoms with Crippen LogP contribution in [0.15, 0.2) is 47.2 Å². The minimum absolute atomic E-state index is 0.0937. The number of anilines is 2. The fourth-order valence-electron chi connectivity index (χ4n) is 1.39. The molecular weight excluding hydrogens is 306 g/mol. The first-order chi connectivity index (χ1) is 8.66. The van der Waals surface area contributed by atoms with Gasteiger partial charge in [-0.3, -0.25) is 4.98 Å². The van der Waals surface area contributed by atoms with Gasteiger partial charge < -0.3 is 10.1 Å². The summed E-state index contributed by atoms with van der Waals surface area (Å²) in [5.41, 5.74) is 1.18. The van der Waals surface area contributed by atoms with Gasteiger partial charge in [0.25, 0.3) is 0 Å². The van der Waals surface area contributed by atoms with Crippen LogP contribution in [-0.4, -0.2) is 11.6 Å². The maximum absolute atomic E-state index is 12.2. The summed E-state index contributed by atoms with van der Waals surface area (Å²) in [5.74, 6) is 0.0937. The molecule has 6 heteroatoms. The molecular formula is C12H9BrF2N2O. The molecule has 2 aromatic rings. The number of rotatable bonds is 4. The lowest BCUT2D eigenvalue weighted by Crippen LogP contribution is -2.04. The highest BCUT2D eigenvalue weighted by molar-refractivity contribution is 9.10. The molecule has 1 N–H and O–H groups in total. The van der Waals surface area contributed by atoms with Gasteiger partial charge in [-0.1, -0.05) is 12.1 Å². The quantitative estimate of drug-likeness (QED) is 0.918. The normalized spacial score (nSPS) is 10.4. The number of hydrogen-bond acceptors (Lipinski definition) is 3. The van der Waals surface area contributed by atoms with Crippen LogP contribution in [0.1, 0.15) is 0 Å². The number of nitrogens with one attached hydrogen (secondary N) is 1. The minimum atomic E-state index is -2.85. The first-order valence-electron chi connectivity index (χ1n) is 5.07. The van der Waals surface area contributed by atoms with Crippen molar-refractivity contribution in [1.82, 2.24) is 4.98 Å². The van der Waals surface area contributed by atoms with Gasteiger partial charge in [0.1, 0.15) is 5.75 Å². The molecule has 3 nitrogen and oxygen atoms in total. The van der Waals surface area contributed by atoms with Crippen molar-refractivity contribution in [3.63, 3.8) is 0 Å². The number of halogens is 3. The predicted octanol–water partition coefficient (Wildman–Crippen LogP) is 4.19. The Morgan fingerprint density at radius 1 is 1.17 bits per heavy atom. The van der Waals surface area contributed by atoms with Gasteiger partial charge in [0.05, 0.1) is 15.8 Å². The average molecular weight is 315 g/mol. The topological polar surface area (TPSA) is 34.1 Å². The third kappa shape index (κ3) is 3.16. The Labute approximate surface area is 111 Å². The van der Waals surface area contributed by atoms with Crippen LogP contribution >= 0.6 is 15.9 Å². The van der Waals surface area contributed by atoms with E-state index >= 15 is 0 Å². The van der Waals surface area contributed by atoms with Gasteiger partial charge in [-0.2, -0.15) is 8.78 Å². The molecule has 0 aliphatic carbocycles. The lowest BCUT2D eigenvalue weighted by atomic mass is 10.2. The second-order valence-electron chi connectivity index (χ2n) is 3.36. The van der Waals surface area contributed by atoms with Gasteiger partial charge in [0, 0.05) is 12.4 Å². The SMILES string of the molecule is FC(F)Oc1ccccc1Nc1ccncc1Br. The van der Waals surface area contributed by atoms with Crippen LogP contribution in [0, 0.1) is 0 Å². The average Bonchev–Trinajstić information content (AvgIpc) is 2.34. The van der Waals surface area contributed by atoms with Gasteiger partial charge in [0.2, 0.25) is 0 Å². The number of para-hydroxylation sites is 2. The molecule has 2 rings (SSSR count). The van der Waals surface area contributed by atoms with Crippen molar-refractivity contribution >= 4 is 27.3 Å². The number of nitrogens with zero attached hydrogens (tertiary/aromatic N) is 1. The summed E-state index contributed by atoms with van der Waals surface area (Å²) in [6.45, 7) is -2.85. The van der Waals surface area contributed by atoms with E-state index in [9.17, 15) is 8.78 Å². The van der Waals surface area contributed by atoms with Crippen LogP contribution in [0.4, 0.5) is 20.2 Å². The Bertz CT molecular complexity index is 537. The smallest absolute Gasteiger partial charge is 0.387 e. The van der Waals surface area contributed by atoms with Gasteiger partial charge >= 0.3 is 6.61 Å². The Balaban J connectivity index is 2.26. The molecule has 18 heavy (non-hydrogen) atoms. The maximum Gasteiger partial charge on any atom is 0.387 e. The molecule has 0 atom stereocenters. The van der Waals surface area contributed by atoms with Crippen molar-refractivity contribution in [2.75, 3.05) is 5.32 Å². The molecule has 0 amide bonds. The zero-order chi connectivity index (χ0) is 13.0. The Morgan fingerprint density at radius 2 is 1.94 bits per heavy atom. The predicted molar refractivity (Wildman–Crippen MR) is 68.3 cm³/mol. The third-order valence-electron chi connectivity index (χ3n) is 2.14. The van der Waals surface area contributed by atoms with E-state index in [0.717, 1.165) is 10.2 Å². The van der Waals surface area contributed by atoms with E-state index in [1.807, 2.05) is 0 Å². The van der Waals surface area contributed by atoms with E-state index in [1.54, 1.807) is 36.7 Å². The Hall–Kier alpha value is -1.69. The highest BCUT2D eigenvalue weighted by Crippen LogP contribution is 2.31. The third-order valence-corrected chi connectivity index (χ3v) is 2.78. The van der Waals surface area contributed by atoms with Crippen LogP contribution in [-0.2, 0) is 0 Å². The molecule has 1 aromatic carbocycles. The lowest BCUT2D eigenvalue weighted by Gasteiger charge is -2.13. The Kier molecular flexibility index (Phi) is 4.09. The summed E-state index contributed by atoms with van der Waals surface area (Å²) in [6, 6.07) is 8.22. The molecule has 0 radical (unpaired) electrons. The number of aromatic nitrogens is 1. The van der Waals surface area contributed by atoms with Crippen molar-refractivity contribution in [1.29, 1.82) is 0 Å². The van der Waals surface area contributed by atoms with Crippen LogP contribution < -0.4 is 10.1 Å². The lowest BCUT2D eigenvalue weighted by molar-refractivity contribution is -0.0493. The number of benzene rings is 1. The largest absolute Gasteiger partial charge is 0.433 e. The molecule has 94 valence electrons. The molecule has 1 aromatic heterocycles. The van der Waals surface area contributed by atoms with Crippen LogP contribution in [0.2, 0.25) is 0 Å². The summed E-state index contributed by atoms with van der Waals surface area (Å²) in [6.07, 6.45) is 3.21. The van der Waals surface area contributed by atoms with E-state index in [4.69, 9.17) is 0 Å². The summed E-state index contributed by atoms with van der Waals surface area (Å²) >= 11 is 3.32. The summed E-state index contributed by atoms with van der Waals surface area (Å²) < 4.78 is 29.7. The van der Waals surface area contributed by atoms with Crippen molar-refractivity contribution in [3.8, 4) is 5.75 Å². The van der Waals surface area contributed by atoms with Crippen molar-refractivity contribution in [2.45, 2.75) is 6.61 Å². The van der Waals surface area contributed by atoms with Gasteiger partial charge in [-0.15, -0.1) is 0 Å². The zero-order valence-electron chi connectivity index (χ0n) is 9.11. The summed E-state index contributed by atoms with van der Waals surface area (Å²) in [7, 11) is 0. The first kappa shape index (κ1) is 12.8. The number of pyridine rings is 1. The molecule has 0 unspecified atom stereocenters. The molecule has 0 bridgehead atoms. The number of alkyl halides is 2. The van der Waals surface area contributed by atoms with Crippen molar-refractivity contribution in [2.24, 2.45) is 0 Å². The van der Waals surface area contributed by atoms with Gasteiger partial charge in [0.15, 0.2) is 0 Å². The van der Waals surface area contributed by atoms with E-state index < -0.39 is 6.61 Å². The van der Waals surface area contributed by atoms with E-state index in [0.29, 0.717) is 5.69 Å². The molecule has 0 fully saturated rings. The second kappa shape index (κ2) is 5.77. The van der Waals surface area contributed by atoms with Crippen LogP contribution in [0.25, 0.3) is 0 Å². The molecule has 0 saturated carbocycles. The standard InChI is InChI=1S/C12H9BrF2N2O/c13-8-7-16-6-5-9(8)17-10-3-1-2-4-11(10)18-12(14)15/h1-7,12H,(H,16,17). The van der Waals surface area contributed by atoms with Crippen molar-refractivity contribution < 1.29 is 13.5 Å². The molecule has 0 aliphatic rings. The van der Waals surface area contributed by atoms with Crippen LogP contribution in [0.5, 0.6) is 5.75 Å². The molecule has 0 aliphatic heterocycles. The van der Waals surface area contributed by atoms with E-state index in [2.05, 4.69) is 31.0 Å². The molecule has 1 heterocycles. The van der Waals surface area contributed by atoms with Gasteiger partial charge in [-0.25, -0.2) is 0 Å². The second-order valence-corrected chi connectivity index (χ2v) is 4.21. The minimum Gasteiger partial charge on any atom is -0.433 e. The summed E-state index contributed by atoms with van der Waals surface area (Å²) in [5, 5.41) is 3.00. The fraction of sp³-hybridized carbons (Fsp3) is 0.0833. The molecule has 0 spiro atoms. The van der Waals surface area contributed by atoms with Gasteiger partial charge in [-0.05, 0) is 34.1 Å². The highest BCUT2D eigenvalue weighted by atomic mass is 79.9. The molecule has 0 saturated heterocycles. The Morgan fingerprint density at radius 3 is 2.67 bits per heavy atom.